The van der Waals surface area contributed by atoms with Gasteiger partial charge in [-0.25, -0.2) is 0 Å². The molecule has 1 nitrogen and oxygen atoms in total. The third-order valence-corrected chi connectivity index (χ3v) is 7.11. The summed E-state index contributed by atoms with van der Waals surface area (Å²) in [4.78, 5) is 0. The Bertz CT molecular complexity index is 158. The molecule has 0 spiro atoms. The predicted molar refractivity (Wildman–Crippen MR) is 66.1 cm³/mol. The zero-order valence-corrected chi connectivity index (χ0v) is 11.2. The Morgan fingerprint density at radius 3 is 1.79 bits per heavy atom. The molecule has 83 valence electrons. The maximum Gasteiger partial charge on any atom is 0.0612 e. The van der Waals surface area contributed by atoms with E-state index in [1.165, 1.54) is 0 Å². The summed E-state index contributed by atoms with van der Waals surface area (Å²) in [6, 6.07) is 0. The molecule has 0 aromatic carbocycles. The largest absolute Gasteiger partial charge is 0.396 e. The number of aliphatic hydroxyl groups excluding tert-OH is 1. The molecule has 0 heterocycles. The zero-order valence-electron chi connectivity index (χ0n) is 10.2. The number of hydrogen-bond donors (Lipinski definition) is 1. The van der Waals surface area contributed by atoms with Crippen LogP contribution in [0.1, 0.15) is 34.6 Å². The first-order valence-electron chi connectivity index (χ1n) is 5.55. The van der Waals surface area contributed by atoms with Crippen LogP contribution < -0.4 is 0 Å². The van der Waals surface area contributed by atoms with E-state index < -0.39 is 8.80 Å². The average Bonchev–Trinajstić information content (AvgIpc) is 2.11. The van der Waals surface area contributed by atoms with Gasteiger partial charge in [-0.15, -0.1) is 6.58 Å². The van der Waals surface area contributed by atoms with E-state index in [0.717, 1.165) is 11.1 Å². The summed E-state index contributed by atoms with van der Waals surface area (Å²) in [6.07, 6.45) is 2.06. The topological polar surface area (TPSA) is 20.2 Å². The first-order valence-corrected chi connectivity index (χ1v) is 7.28. The van der Waals surface area contributed by atoms with Gasteiger partial charge in [-0.3, -0.25) is 0 Å². The lowest BCUT2D eigenvalue weighted by molar-refractivity contribution is 0.237. The lowest BCUT2D eigenvalue weighted by Crippen LogP contribution is -2.31. The van der Waals surface area contributed by atoms with Gasteiger partial charge in [-0.05, 0) is 11.5 Å². The molecule has 0 amide bonds. The highest BCUT2D eigenvalue weighted by Gasteiger charge is 2.30. The minimum Gasteiger partial charge on any atom is -0.396 e. The van der Waals surface area contributed by atoms with Gasteiger partial charge in [0.1, 0.15) is 0 Å². The Morgan fingerprint density at radius 1 is 1.14 bits per heavy atom. The summed E-state index contributed by atoms with van der Waals surface area (Å²) in [7, 11) is -0.457. The van der Waals surface area contributed by atoms with Crippen molar-refractivity contribution in [1.29, 1.82) is 0 Å². The van der Waals surface area contributed by atoms with Crippen LogP contribution in [0.15, 0.2) is 12.7 Å². The van der Waals surface area contributed by atoms with Gasteiger partial charge in [-0.2, -0.15) is 0 Å². The van der Waals surface area contributed by atoms with Gasteiger partial charge in [-0.1, -0.05) is 51.8 Å². The summed E-state index contributed by atoms with van der Waals surface area (Å²) in [5, 5.41) is 9.22. The van der Waals surface area contributed by atoms with Crippen LogP contribution in [0.5, 0.6) is 0 Å². The second-order valence-electron chi connectivity index (χ2n) is 4.73. The molecule has 2 atom stereocenters. The van der Waals surface area contributed by atoms with Crippen molar-refractivity contribution in [1.82, 2.24) is 0 Å². The molecule has 0 fully saturated rings. The summed E-state index contributed by atoms with van der Waals surface area (Å²) >= 11 is 0. The summed E-state index contributed by atoms with van der Waals surface area (Å²) < 4.78 is 0. The van der Waals surface area contributed by atoms with Gasteiger partial charge in [0.2, 0.25) is 0 Å². The fourth-order valence-corrected chi connectivity index (χ4v) is 6.15. The third-order valence-electron chi connectivity index (χ3n) is 2.87. The average molecular weight is 213 g/mol. The minimum atomic E-state index is -0.457. The van der Waals surface area contributed by atoms with Crippen molar-refractivity contribution in [2.24, 2.45) is 5.92 Å². The highest BCUT2D eigenvalue weighted by molar-refractivity contribution is 6.63. The van der Waals surface area contributed by atoms with Gasteiger partial charge in [0.05, 0.1) is 8.80 Å². The molecule has 0 saturated heterocycles. The molecule has 0 aromatic heterocycles. The molecule has 0 aliphatic heterocycles. The highest BCUT2D eigenvalue weighted by Crippen LogP contribution is 2.35. The Morgan fingerprint density at radius 2 is 1.57 bits per heavy atom. The SMILES string of the molecule is C=C[C@@H]([C@H](C)CO)[Si](C(C)C)C(C)C. The molecule has 1 radical (unpaired) electrons. The van der Waals surface area contributed by atoms with Gasteiger partial charge in [0.25, 0.3) is 0 Å². The maximum atomic E-state index is 9.22. The first kappa shape index (κ1) is 13.9. The van der Waals surface area contributed by atoms with Crippen molar-refractivity contribution in [2.75, 3.05) is 6.61 Å². The van der Waals surface area contributed by atoms with E-state index in [0.29, 0.717) is 11.5 Å². The van der Waals surface area contributed by atoms with E-state index in [9.17, 15) is 5.11 Å². The van der Waals surface area contributed by atoms with E-state index in [1.54, 1.807) is 0 Å². The fourth-order valence-electron chi connectivity index (χ4n) is 2.25. The third kappa shape index (κ3) is 3.58. The van der Waals surface area contributed by atoms with E-state index >= 15 is 0 Å². The Labute approximate surface area is 90.8 Å². The Kier molecular flexibility index (Phi) is 6.37. The van der Waals surface area contributed by atoms with Crippen molar-refractivity contribution in [2.45, 2.75) is 51.2 Å². The summed E-state index contributed by atoms with van der Waals surface area (Å²) in [5.74, 6) is 0.367. The van der Waals surface area contributed by atoms with Gasteiger partial charge in [0.15, 0.2) is 0 Å². The van der Waals surface area contributed by atoms with Crippen LogP contribution in [0.3, 0.4) is 0 Å². The van der Waals surface area contributed by atoms with Crippen molar-refractivity contribution in [3.8, 4) is 0 Å². The van der Waals surface area contributed by atoms with Crippen molar-refractivity contribution < 1.29 is 5.11 Å². The molecule has 14 heavy (non-hydrogen) atoms. The van der Waals surface area contributed by atoms with E-state index in [-0.39, 0.29) is 6.61 Å². The van der Waals surface area contributed by atoms with Crippen LogP contribution in [0, 0.1) is 5.92 Å². The summed E-state index contributed by atoms with van der Waals surface area (Å²) in [6.45, 7) is 15.5. The van der Waals surface area contributed by atoms with Gasteiger partial charge < -0.3 is 5.11 Å². The van der Waals surface area contributed by atoms with Crippen LogP contribution >= 0.6 is 0 Å². The second-order valence-corrected chi connectivity index (χ2v) is 8.71. The van der Waals surface area contributed by atoms with Gasteiger partial charge in [0, 0.05) is 6.61 Å². The molecular formula is C12H25OSi. The normalized spacial score (nSPS) is 16.4. The van der Waals surface area contributed by atoms with E-state index in [1.807, 2.05) is 0 Å². The molecule has 0 saturated carbocycles. The number of allylic oxidation sites excluding steroid dienone is 1. The highest BCUT2D eigenvalue weighted by atomic mass is 28.3. The first-order chi connectivity index (χ1) is 6.45. The monoisotopic (exact) mass is 213 g/mol. The van der Waals surface area contributed by atoms with Gasteiger partial charge >= 0.3 is 0 Å². The zero-order chi connectivity index (χ0) is 11.3. The Balaban J connectivity index is 4.66. The van der Waals surface area contributed by atoms with Crippen molar-refractivity contribution >= 4 is 8.80 Å². The lowest BCUT2D eigenvalue weighted by atomic mass is 10.1. The van der Waals surface area contributed by atoms with E-state index in [2.05, 4.69) is 47.3 Å². The molecular weight excluding hydrogens is 188 g/mol. The Hall–Kier alpha value is -0.0831. The van der Waals surface area contributed by atoms with Crippen LogP contribution in [0.4, 0.5) is 0 Å². The smallest absolute Gasteiger partial charge is 0.0612 e. The molecule has 1 N–H and O–H groups in total. The molecule has 0 aromatic rings. The van der Waals surface area contributed by atoms with Crippen LogP contribution in [0.25, 0.3) is 0 Å². The molecule has 0 aliphatic rings. The van der Waals surface area contributed by atoms with Crippen LogP contribution in [-0.4, -0.2) is 20.5 Å². The molecule has 0 unspecified atom stereocenters. The van der Waals surface area contributed by atoms with Crippen LogP contribution in [-0.2, 0) is 0 Å². The fraction of sp³-hybridized carbons (Fsp3) is 0.833. The minimum absolute atomic E-state index is 0.282. The number of rotatable bonds is 6. The predicted octanol–water partition coefficient (Wildman–Crippen LogP) is 3.49. The van der Waals surface area contributed by atoms with Crippen molar-refractivity contribution in [3.63, 3.8) is 0 Å². The number of aliphatic hydroxyl groups is 1. The molecule has 0 rings (SSSR count). The van der Waals surface area contributed by atoms with Crippen LogP contribution in [0.2, 0.25) is 16.6 Å². The quantitative estimate of drug-likeness (QED) is 0.529. The maximum absolute atomic E-state index is 9.22. The summed E-state index contributed by atoms with van der Waals surface area (Å²) in [5.41, 5.74) is 2.03. The van der Waals surface area contributed by atoms with E-state index in [4.69, 9.17) is 0 Å². The molecule has 0 bridgehead atoms. The van der Waals surface area contributed by atoms with Crippen molar-refractivity contribution in [3.05, 3.63) is 12.7 Å². The molecule has 2 heteroatoms. The molecule has 0 aliphatic carbocycles. The standard InChI is InChI=1S/C12H25OSi/c1-7-12(11(6)8-13)14(9(2)3)10(4)5/h7,9-13H,1,8H2,2-6H3/t11-,12+/m1/s1. The lowest BCUT2D eigenvalue weighted by Gasteiger charge is -2.33. The second kappa shape index (κ2) is 6.41. The number of hydrogen-bond acceptors (Lipinski definition) is 1.